The third-order valence-electron chi connectivity index (χ3n) is 1.32. The van der Waals surface area contributed by atoms with Crippen LogP contribution in [0.2, 0.25) is 0 Å². The first-order chi connectivity index (χ1) is 5.25. The molecular weight excluding hydrogens is 319 g/mol. The van der Waals surface area contributed by atoms with Gasteiger partial charge in [0, 0.05) is 14.6 Å². The molecule has 60 valence electrons. The van der Waals surface area contributed by atoms with Gasteiger partial charge in [-0.1, -0.05) is 12.1 Å². The maximum atomic E-state index is 5.21. The fraction of sp³-hybridized carbons (Fsp3) is 0.143. The molecule has 1 aromatic carbocycles. The summed E-state index contributed by atoms with van der Waals surface area (Å²) in [5.74, 6) is 5.21. The zero-order valence-corrected chi connectivity index (χ0v) is 9.52. The fourth-order valence-corrected chi connectivity index (χ4v) is 1.75. The van der Waals surface area contributed by atoms with E-state index in [1.165, 1.54) is 9.13 Å². The fourth-order valence-electron chi connectivity index (χ4n) is 0.795. The van der Waals surface area contributed by atoms with E-state index in [9.17, 15) is 0 Å². The monoisotopic (exact) mass is 326 g/mol. The average Bonchev–Trinajstić information content (AvgIpc) is 1.99. The van der Waals surface area contributed by atoms with Gasteiger partial charge in [0.1, 0.15) is 0 Å². The van der Waals surface area contributed by atoms with Crippen LogP contribution in [0.4, 0.5) is 0 Å². The minimum absolute atomic E-state index is 0.692. The van der Waals surface area contributed by atoms with Gasteiger partial charge in [-0.25, -0.2) is 0 Å². The summed E-state index contributed by atoms with van der Waals surface area (Å²) in [7, 11) is 0. The molecule has 1 aromatic rings. The molecule has 0 atom stereocenters. The lowest BCUT2D eigenvalue weighted by Gasteiger charge is -2.03. The summed E-state index contributed by atoms with van der Waals surface area (Å²) in [6.07, 6.45) is 0. The summed E-state index contributed by atoms with van der Waals surface area (Å²) in [4.78, 5) is 0. The van der Waals surface area contributed by atoms with Gasteiger partial charge in [0.05, 0.1) is 0 Å². The molecule has 0 bridgehead atoms. The maximum absolute atomic E-state index is 5.21. The number of hydrogen-bond donors (Lipinski definition) is 2. The quantitative estimate of drug-likeness (QED) is 0.496. The zero-order valence-electron chi connectivity index (χ0n) is 5.77. The third-order valence-corrected chi connectivity index (χ3v) is 3.90. The minimum Gasteiger partial charge on any atom is -0.271 e. The van der Waals surface area contributed by atoms with Crippen molar-refractivity contribution in [3.63, 3.8) is 0 Å². The van der Waals surface area contributed by atoms with Gasteiger partial charge in [-0.15, -0.1) is 0 Å². The van der Waals surface area contributed by atoms with Crippen LogP contribution in [-0.4, -0.2) is 0 Å². The van der Waals surface area contributed by atoms with E-state index >= 15 is 0 Å². The largest absolute Gasteiger partial charge is 0.271 e. The van der Waals surface area contributed by atoms with Crippen LogP contribution in [-0.2, 0) is 6.54 Å². The minimum atomic E-state index is 0.692. The normalized spacial score (nSPS) is 10.1. The molecule has 11 heavy (non-hydrogen) atoms. The number of rotatable bonds is 2. The molecular formula is C7H8BrIN2. The van der Waals surface area contributed by atoms with Crippen molar-refractivity contribution >= 4 is 38.5 Å². The average molecular weight is 327 g/mol. The Labute approximate surface area is 87.8 Å². The van der Waals surface area contributed by atoms with Crippen molar-refractivity contribution in [2.75, 3.05) is 0 Å². The number of halogens is 2. The van der Waals surface area contributed by atoms with Crippen molar-refractivity contribution in [1.82, 2.24) is 5.43 Å². The third kappa shape index (κ3) is 2.40. The molecule has 0 spiro atoms. The molecule has 0 aliphatic rings. The van der Waals surface area contributed by atoms with Crippen molar-refractivity contribution in [3.05, 3.63) is 31.8 Å². The van der Waals surface area contributed by atoms with Crippen LogP contribution in [0.5, 0.6) is 0 Å². The number of benzene rings is 1. The molecule has 4 heteroatoms. The Kier molecular flexibility index (Phi) is 3.77. The molecule has 2 nitrogen and oxygen atoms in total. The highest BCUT2D eigenvalue weighted by Gasteiger charge is 2.00. The lowest BCUT2D eigenvalue weighted by molar-refractivity contribution is 0.738. The van der Waals surface area contributed by atoms with E-state index in [1.54, 1.807) is 0 Å². The van der Waals surface area contributed by atoms with Crippen molar-refractivity contribution in [3.8, 4) is 0 Å². The second kappa shape index (κ2) is 4.39. The second-order valence-corrected chi connectivity index (χ2v) is 4.05. The van der Waals surface area contributed by atoms with Gasteiger partial charge >= 0.3 is 0 Å². The molecule has 0 unspecified atom stereocenters. The summed E-state index contributed by atoms with van der Waals surface area (Å²) in [5, 5.41) is 0. The van der Waals surface area contributed by atoms with Gasteiger partial charge in [-0.2, -0.15) is 0 Å². The number of nitrogens with one attached hydrogen (secondary N) is 1. The van der Waals surface area contributed by atoms with Crippen LogP contribution in [0.1, 0.15) is 5.56 Å². The van der Waals surface area contributed by atoms with E-state index in [0.717, 1.165) is 4.47 Å². The predicted octanol–water partition coefficient (Wildman–Crippen LogP) is 2.02. The molecule has 0 radical (unpaired) electrons. The molecule has 0 fully saturated rings. The Bertz CT molecular complexity index is 252. The maximum Gasteiger partial charge on any atom is 0.0360 e. The van der Waals surface area contributed by atoms with Crippen molar-refractivity contribution in [1.29, 1.82) is 0 Å². The highest BCUT2D eigenvalue weighted by Crippen LogP contribution is 2.22. The van der Waals surface area contributed by atoms with Gasteiger partial charge in [0.15, 0.2) is 0 Å². The number of nitrogens with two attached hydrogens (primary N) is 1. The van der Waals surface area contributed by atoms with Gasteiger partial charge < -0.3 is 0 Å². The Hall–Kier alpha value is 0.350. The summed E-state index contributed by atoms with van der Waals surface area (Å²) >= 11 is 5.75. The van der Waals surface area contributed by atoms with Crippen molar-refractivity contribution < 1.29 is 0 Å². The van der Waals surface area contributed by atoms with Gasteiger partial charge in [-0.05, 0) is 50.2 Å². The predicted molar refractivity (Wildman–Crippen MR) is 57.9 cm³/mol. The standard InChI is InChI=1S/C7H8BrIN2/c8-7-5(4-11-10)2-1-3-6(7)9/h1-3,11H,4,10H2. The second-order valence-electron chi connectivity index (χ2n) is 2.09. The number of hydrogen-bond acceptors (Lipinski definition) is 2. The Morgan fingerprint density at radius 1 is 1.55 bits per heavy atom. The summed E-state index contributed by atoms with van der Waals surface area (Å²) in [6.45, 7) is 0.692. The SMILES string of the molecule is NNCc1cccc(I)c1Br. The lowest BCUT2D eigenvalue weighted by atomic mass is 10.2. The molecule has 0 aromatic heterocycles. The summed E-state index contributed by atoms with van der Waals surface area (Å²) < 4.78 is 2.33. The Balaban J connectivity index is 2.96. The van der Waals surface area contributed by atoms with Crippen LogP contribution in [0.3, 0.4) is 0 Å². The van der Waals surface area contributed by atoms with Crippen molar-refractivity contribution in [2.24, 2.45) is 5.84 Å². The first kappa shape index (κ1) is 9.44. The van der Waals surface area contributed by atoms with Crippen LogP contribution < -0.4 is 11.3 Å². The molecule has 0 amide bonds. The summed E-state index contributed by atoms with van der Waals surface area (Å²) in [5.41, 5.74) is 3.80. The Morgan fingerprint density at radius 2 is 2.27 bits per heavy atom. The van der Waals surface area contributed by atoms with Crippen molar-refractivity contribution in [2.45, 2.75) is 6.54 Å². The molecule has 0 heterocycles. The highest BCUT2D eigenvalue weighted by molar-refractivity contribution is 14.1. The van der Waals surface area contributed by atoms with E-state index in [2.05, 4.69) is 43.9 Å². The van der Waals surface area contributed by atoms with Crippen LogP contribution in [0.25, 0.3) is 0 Å². The zero-order chi connectivity index (χ0) is 8.27. The molecule has 0 aliphatic heterocycles. The Morgan fingerprint density at radius 3 is 2.91 bits per heavy atom. The van der Waals surface area contributed by atoms with Gasteiger partial charge in [-0.3, -0.25) is 11.3 Å². The van der Waals surface area contributed by atoms with E-state index in [4.69, 9.17) is 5.84 Å². The van der Waals surface area contributed by atoms with Crippen LogP contribution in [0, 0.1) is 3.57 Å². The van der Waals surface area contributed by atoms with Crippen LogP contribution >= 0.6 is 38.5 Å². The molecule has 0 saturated carbocycles. The van der Waals surface area contributed by atoms with E-state index in [0.29, 0.717) is 6.54 Å². The first-order valence-electron chi connectivity index (χ1n) is 3.12. The molecule has 0 saturated heterocycles. The highest BCUT2D eigenvalue weighted by atomic mass is 127. The summed E-state index contributed by atoms with van der Waals surface area (Å²) in [6, 6.07) is 6.09. The first-order valence-corrected chi connectivity index (χ1v) is 4.99. The topological polar surface area (TPSA) is 38.0 Å². The molecule has 0 aliphatic carbocycles. The molecule has 3 N–H and O–H groups in total. The van der Waals surface area contributed by atoms with Gasteiger partial charge in [0.2, 0.25) is 0 Å². The van der Waals surface area contributed by atoms with E-state index < -0.39 is 0 Å². The van der Waals surface area contributed by atoms with E-state index in [1.807, 2.05) is 18.2 Å². The van der Waals surface area contributed by atoms with Gasteiger partial charge in [0.25, 0.3) is 0 Å². The molecule has 1 rings (SSSR count). The lowest BCUT2D eigenvalue weighted by Crippen LogP contribution is -2.21. The smallest absolute Gasteiger partial charge is 0.0360 e. The number of hydrazine groups is 1. The van der Waals surface area contributed by atoms with Crippen LogP contribution in [0.15, 0.2) is 22.7 Å². The van der Waals surface area contributed by atoms with E-state index in [-0.39, 0.29) is 0 Å².